The Morgan fingerprint density at radius 3 is 2.92 bits per heavy atom. The van der Waals surface area contributed by atoms with Crippen molar-refractivity contribution < 1.29 is 4.74 Å². The van der Waals surface area contributed by atoms with Crippen molar-refractivity contribution in [3.63, 3.8) is 0 Å². The van der Waals surface area contributed by atoms with Gasteiger partial charge in [0.05, 0.1) is 13.2 Å². The Balaban J connectivity index is 1.86. The monoisotopic (exact) mass is 166 g/mol. The first-order valence-corrected chi connectivity index (χ1v) is 4.37. The maximum absolute atomic E-state index is 5.27. The quantitative estimate of drug-likeness (QED) is 0.705. The molecule has 0 bridgehead atoms. The summed E-state index contributed by atoms with van der Waals surface area (Å²) in [5.74, 6) is 0. The fourth-order valence-electron chi connectivity index (χ4n) is 1.47. The molecule has 1 aromatic heterocycles. The van der Waals surface area contributed by atoms with Gasteiger partial charge in [-0.25, -0.2) is 0 Å². The van der Waals surface area contributed by atoms with E-state index in [0.29, 0.717) is 0 Å². The number of nitrogens with zero attached hydrogens (tertiary/aromatic N) is 1. The number of H-pyrrole nitrogens is 1. The maximum Gasteiger partial charge on any atom is 0.0594 e. The van der Waals surface area contributed by atoms with Gasteiger partial charge in [-0.05, 0) is 12.1 Å². The van der Waals surface area contributed by atoms with Gasteiger partial charge >= 0.3 is 0 Å². The minimum atomic E-state index is 0.876. The standard InChI is InChI=1S/C9H14N2O/c1-2-9(10-3-1)8-11-4-6-12-7-5-11/h1-3,10H,4-8H2. The van der Waals surface area contributed by atoms with E-state index in [0.717, 1.165) is 32.8 Å². The molecule has 0 radical (unpaired) electrons. The highest BCUT2D eigenvalue weighted by atomic mass is 16.5. The average Bonchev–Trinajstić information content (AvgIpc) is 2.59. The predicted molar refractivity (Wildman–Crippen MR) is 46.9 cm³/mol. The van der Waals surface area contributed by atoms with Gasteiger partial charge in [0.2, 0.25) is 0 Å². The molecular weight excluding hydrogens is 152 g/mol. The van der Waals surface area contributed by atoms with Crippen LogP contribution in [0.3, 0.4) is 0 Å². The SMILES string of the molecule is c1c[nH]c(CN2CCOCC2)c1. The molecule has 0 amide bonds. The summed E-state index contributed by atoms with van der Waals surface area (Å²) in [5.41, 5.74) is 1.29. The van der Waals surface area contributed by atoms with Crippen molar-refractivity contribution in [2.24, 2.45) is 0 Å². The van der Waals surface area contributed by atoms with Crippen LogP contribution in [0.1, 0.15) is 5.69 Å². The summed E-state index contributed by atoms with van der Waals surface area (Å²) in [6.45, 7) is 4.88. The van der Waals surface area contributed by atoms with E-state index in [2.05, 4.69) is 16.0 Å². The molecular formula is C9H14N2O. The number of morpholine rings is 1. The minimum absolute atomic E-state index is 0.876. The number of hydrogen-bond donors (Lipinski definition) is 1. The second-order valence-electron chi connectivity index (χ2n) is 3.08. The molecule has 1 N–H and O–H groups in total. The van der Waals surface area contributed by atoms with Crippen molar-refractivity contribution in [2.75, 3.05) is 26.3 Å². The van der Waals surface area contributed by atoms with Crippen molar-refractivity contribution in [3.8, 4) is 0 Å². The van der Waals surface area contributed by atoms with Crippen molar-refractivity contribution in [2.45, 2.75) is 6.54 Å². The van der Waals surface area contributed by atoms with E-state index in [1.165, 1.54) is 5.69 Å². The fraction of sp³-hybridized carbons (Fsp3) is 0.556. The third kappa shape index (κ3) is 1.87. The molecule has 1 fully saturated rings. The van der Waals surface area contributed by atoms with Crippen molar-refractivity contribution in [3.05, 3.63) is 24.0 Å². The lowest BCUT2D eigenvalue weighted by Gasteiger charge is -2.25. The van der Waals surface area contributed by atoms with E-state index in [-0.39, 0.29) is 0 Å². The van der Waals surface area contributed by atoms with Gasteiger partial charge in [0.25, 0.3) is 0 Å². The molecule has 2 heterocycles. The van der Waals surface area contributed by atoms with E-state index < -0.39 is 0 Å². The molecule has 3 heteroatoms. The van der Waals surface area contributed by atoms with Gasteiger partial charge in [-0.2, -0.15) is 0 Å². The predicted octanol–water partition coefficient (Wildman–Crippen LogP) is 0.847. The lowest BCUT2D eigenvalue weighted by Crippen LogP contribution is -2.35. The molecule has 2 rings (SSSR count). The van der Waals surface area contributed by atoms with E-state index in [9.17, 15) is 0 Å². The normalized spacial score (nSPS) is 19.7. The third-order valence-electron chi connectivity index (χ3n) is 2.16. The zero-order valence-electron chi connectivity index (χ0n) is 7.12. The van der Waals surface area contributed by atoms with Crippen LogP contribution in [0.2, 0.25) is 0 Å². The minimum Gasteiger partial charge on any atom is -0.379 e. The second kappa shape index (κ2) is 3.74. The summed E-state index contributed by atoms with van der Waals surface area (Å²) in [6, 6.07) is 4.16. The van der Waals surface area contributed by atoms with Crippen molar-refractivity contribution >= 4 is 0 Å². The number of aromatic nitrogens is 1. The smallest absolute Gasteiger partial charge is 0.0594 e. The molecule has 0 spiro atoms. The van der Waals surface area contributed by atoms with Crippen LogP contribution in [0.5, 0.6) is 0 Å². The van der Waals surface area contributed by atoms with Gasteiger partial charge in [0.1, 0.15) is 0 Å². The fourth-order valence-corrected chi connectivity index (χ4v) is 1.47. The largest absolute Gasteiger partial charge is 0.379 e. The van der Waals surface area contributed by atoms with Gasteiger partial charge in [-0.15, -0.1) is 0 Å². The number of aromatic amines is 1. The van der Waals surface area contributed by atoms with Gasteiger partial charge in [-0.3, -0.25) is 4.90 Å². The Morgan fingerprint density at radius 2 is 2.25 bits per heavy atom. The summed E-state index contributed by atoms with van der Waals surface area (Å²) in [4.78, 5) is 5.60. The Bertz CT molecular complexity index is 214. The molecule has 66 valence electrons. The first kappa shape index (κ1) is 7.83. The topological polar surface area (TPSA) is 28.3 Å². The summed E-state index contributed by atoms with van der Waals surface area (Å²) < 4.78 is 5.27. The molecule has 0 atom stereocenters. The third-order valence-corrected chi connectivity index (χ3v) is 2.16. The highest BCUT2D eigenvalue weighted by Crippen LogP contribution is 2.03. The van der Waals surface area contributed by atoms with Crippen LogP contribution in [0.15, 0.2) is 18.3 Å². The van der Waals surface area contributed by atoms with Gasteiger partial charge in [0.15, 0.2) is 0 Å². The number of ether oxygens (including phenoxy) is 1. The first-order chi connectivity index (χ1) is 5.95. The molecule has 0 unspecified atom stereocenters. The Morgan fingerprint density at radius 1 is 1.42 bits per heavy atom. The Labute approximate surface area is 72.3 Å². The lowest BCUT2D eigenvalue weighted by molar-refractivity contribution is 0.0337. The van der Waals surface area contributed by atoms with Crippen LogP contribution < -0.4 is 0 Å². The molecule has 0 saturated carbocycles. The van der Waals surface area contributed by atoms with Crippen LogP contribution in [0.25, 0.3) is 0 Å². The van der Waals surface area contributed by atoms with Gasteiger partial charge in [-0.1, -0.05) is 0 Å². The van der Waals surface area contributed by atoms with Crippen LogP contribution in [0.4, 0.5) is 0 Å². The van der Waals surface area contributed by atoms with Crippen LogP contribution >= 0.6 is 0 Å². The number of rotatable bonds is 2. The molecule has 1 aliphatic rings. The van der Waals surface area contributed by atoms with Gasteiger partial charge < -0.3 is 9.72 Å². The van der Waals surface area contributed by atoms with Crippen molar-refractivity contribution in [1.82, 2.24) is 9.88 Å². The molecule has 0 aliphatic carbocycles. The summed E-state index contributed by atoms with van der Waals surface area (Å²) in [7, 11) is 0. The first-order valence-electron chi connectivity index (χ1n) is 4.37. The highest BCUT2D eigenvalue weighted by Gasteiger charge is 2.10. The van der Waals surface area contributed by atoms with Crippen molar-refractivity contribution in [1.29, 1.82) is 0 Å². The summed E-state index contributed by atoms with van der Waals surface area (Å²) >= 11 is 0. The average molecular weight is 166 g/mol. The van der Waals surface area contributed by atoms with Crippen LogP contribution in [0, 0.1) is 0 Å². The molecule has 1 aromatic rings. The second-order valence-corrected chi connectivity index (χ2v) is 3.08. The van der Waals surface area contributed by atoms with Crippen LogP contribution in [-0.2, 0) is 11.3 Å². The molecule has 3 nitrogen and oxygen atoms in total. The lowest BCUT2D eigenvalue weighted by atomic mass is 10.3. The van der Waals surface area contributed by atoms with E-state index in [1.807, 2.05) is 12.3 Å². The molecule has 1 saturated heterocycles. The maximum atomic E-state index is 5.27. The molecule has 12 heavy (non-hydrogen) atoms. The zero-order chi connectivity index (χ0) is 8.23. The molecule has 1 aliphatic heterocycles. The highest BCUT2D eigenvalue weighted by molar-refractivity contribution is 5.03. The van der Waals surface area contributed by atoms with E-state index in [1.54, 1.807) is 0 Å². The summed E-state index contributed by atoms with van der Waals surface area (Å²) in [6.07, 6.45) is 1.97. The number of hydrogen-bond acceptors (Lipinski definition) is 2. The summed E-state index contributed by atoms with van der Waals surface area (Å²) in [5, 5.41) is 0. The Hall–Kier alpha value is -0.800. The Kier molecular flexibility index (Phi) is 2.44. The van der Waals surface area contributed by atoms with E-state index >= 15 is 0 Å². The van der Waals surface area contributed by atoms with Crippen LogP contribution in [-0.4, -0.2) is 36.2 Å². The zero-order valence-corrected chi connectivity index (χ0v) is 7.12. The van der Waals surface area contributed by atoms with Gasteiger partial charge in [0, 0.05) is 31.5 Å². The number of nitrogens with one attached hydrogen (secondary N) is 1. The molecule has 0 aromatic carbocycles. The van der Waals surface area contributed by atoms with E-state index in [4.69, 9.17) is 4.74 Å².